The van der Waals surface area contributed by atoms with E-state index < -0.39 is 10.0 Å². The number of sulfonamides is 1. The van der Waals surface area contributed by atoms with Crippen molar-refractivity contribution in [2.75, 3.05) is 18.1 Å². The number of para-hydroxylation sites is 1. The van der Waals surface area contributed by atoms with Gasteiger partial charge in [0.1, 0.15) is 0 Å². The minimum absolute atomic E-state index is 0.113. The molecule has 0 aliphatic heterocycles. The number of nitrogen functional groups attached to an aromatic ring is 1. The highest BCUT2D eigenvalue weighted by Crippen LogP contribution is 2.29. The number of anilines is 3. The van der Waals surface area contributed by atoms with Gasteiger partial charge in [0.05, 0.1) is 27.0 Å². The van der Waals surface area contributed by atoms with Gasteiger partial charge >= 0.3 is 0 Å². The molecule has 0 unspecified atom stereocenters. The smallest absolute Gasteiger partial charge is 0.240 e. The van der Waals surface area contributed by atoms with Crippen LogP contribution >= 0.6 is 11.6 Å². The molecule has 2 aromatic rings. The molecule has 20 heavy (non-hydrogen) atoms. The minimum atomic E-state index is -3.50. The van der Waals surface area contributed by atoms with Gasteiger partial charge in [0, 0.05) is 0 Å². The maximum atomic E-state index is 11.7. The summed E-state index contributed by atoms with van der Waals surface area (Å²) in [5, 5.41) is 3.62. The summed E-state index contributed by atoms with van der Waals surface area (Å²) in [5.41, 5.74) is 7.48. The lowest BCUT2D eigenvalue weighted by molar-refractivity contribution is 0.588. The van der Waals surface area contributed by atoms with Crippen LogP contribution in [0.3, 0.4) is 0 Å². The highest BCUT2D eigenvalue weighted by Gasteiger charge is 2.13. The Morgan fingerprint density at radius 1 is 1.10 bits per heavy atom. The average molecular weight is 312 g/mol. The molecule has 0 saturated heterocycles. The second-order valence-corrected chi connectivity index (χ2v) is 6.36. The zero-order chi connectivity index (χ0) is 14.8. The van der Waals surface area contributed by atoms with Gasteiger partial charge in [-0.25, -0.2) is 13.1 Å². The number of hydrogen-bond acceptors (Lipinski definition) is 4. The quantitative estimate of drug-likeness (QED) is 0.758. The van der Waals surface area contributed by atoms with Crippen LogP contribution in [0.4, 0.5) is 17.1 Å². The molecule has 0 bridgehead atoms. The van der Waals surface area contributed by atoms with E-state index in [1.807, 2.05) is 12.1 Å². The summed E-state index contributed by atoms with van der Waals surface area (Å²) in [7, 11) is -2.15. The number of rotatable bonds is 4. The molecule has 7 heteroatoms. The molecule has 0 aromatic heterocycles. The van der Waals surface area contributed by atoms with E-state index in [4.69, 9.17) is 17.3 Å². The highest BCUT2D eigenvalue weighted by molar-refractivity contribution is 7.89. The van der Waals surface area contributed by atoms with E-state index in [1.165, 1.54) is 19.2 Å². The number of halogens is 1. The summed E-state index contributed by atoms with van der Waals surface area (Å²) >= 11 is 6.04. The third kappa shape index (κ3) is 3.04. The molecule has 0 aliphatic carbocycles. The normalized spacial score (nSPS) is 11.3. The van der Waals surface area contributed by atoms with Crippen LogP contribution in [0, 0.1) is 0 Å². The van der Waals surface area contributed by atoms with Gasteiger partial charge in [-0.2, -0.15) is 0 Å². The second-order valence-electron chi connectivity index (χ2n) is 4.06. The molecule has 0 aliphatic rings. The lowest BCUT2D eigenvalue weighted by atomic mass is 10.2. The molecule has 0 heterocycles. The Bertz CT molecular complexity index is 732. The molecular weight excluding hydrogens is 298 g/mol. The number of hydrogen-bond donors (Lipinski definition) is 3. The lowest BCUT2D eigenvalue weighted by Gasteiger charge is -2.12. The Labute approximate surface area is 122 Å². The van der Waals surface area contributed by atoms with Crippen molar-refractivity contribution in [3.8, 4) is 0 Å². The van der Waals surface area contributed by atoms with E-state index in [2.05, 4.69) is 10.0 Å². The standard InChI is InChI=1S/C13H14ClN3O2S/c1-16-20(18,19)9-6-7-13(11(15)8-9)17-12-5-3-2-4-10(12)14/h2-8,16-17H,15H2,1H3. The average Bonchev–Trinajstić information content (AvgIpc) is 2.43. The largest absolute Gasteiger partial charge is 0.397 e. The van der Waals surface area contributed by atoms with Crippen LogP contribution in [0.2, 0.25) is 5.02 Å². The first kappa shape index (κ1) is 14.6. The van der Waals surface area contributed by atoms with Gasteiger partial charge in [0.2, 0.25) is 10.0 Å². The summed E-state index contributed by atoms with van der Waals surface area (Å²) in [6.45, 7) is 0. The highest BCUT2D eigenvalue weighted by atomic mass is 35.5. The van der Waals surface area contributed by atoms with Gasteiger partial charge in [0.25, 0.3) is 0 Å². The van der Waals surface area contributed by atoms with Crippen molar-refractivity contribution in [1.82, 2.24) is 4.72 Å². The van der Waals surface area contributed by atoms with Gasteiger partial charge in [-0.05, 0) is 37.4 Å². The molecular formula is C13H14ClN3O2S. The van der Waals surface area contributed by atoms with Gasteiger partial charge in [-0.15, -0.1) is 0 Å². The first-order chi connectivity index (χ1) is 9.44. The summed E-state index contributed by atoms with van der Waals surface area (Å²) in [5.74, 6) is 0. The zero-order valence-electron chi connectivity index (χ0n) is 10.7. The van der Waals surface area contributed by atoms with Gasteiger partial charge < -0.3 is 11.1 Å². The number of nitrogens with one attached hydrogen (secondary N) is 2. The van der Waals surface area contributed by atoms with E-state index >= 15 is 0 Å². The summed E-state index contributed by atoms with van der Waals surface area (Å²) in [6, 6.07) is 11.7. The van der Waals surface area contributed by atoms with E-state index in [0.29, 0.717) is 22.1 Å². The maximum absolute atomic E-state index is 11.7. The number of nitrogens with two attached hydrogens (primary N) is 1. The van der Waals surface area contributed by atoms with Crippen molar-refractivity contribution >= 4 is 38.7 Å². The summed E-state index contributed by atoms with van der Waals surface area (Å²) in [6.07, 6.45) is 0. The molecule has 0 radical (unpaired) electrons. The Morgan fingerprint density at radius 3 is 2.40 bits per heavy atom. The van der Waals surface area contributed by atoms with Crippen molar-refractivity contribution in [2.45, 2.75) is 4.90 Å². The van der Waals surface area contributed by atoms with Crippen LogP contribution in [0.15, 0.2) is 47.4 Å². The van der Waals surface area contributed by atoms with E-state index in [1.54, 1.807) is 18.2 Å². The van der Waals surface area contributed by atoms with Crippen LogP contribution < -0.4 is 15.8 Å². The first-order valence-corrected chi connectivity index (χ1v) is 7.65. The predicted octanol–water partition coefficient (Wildman–Crippen LogP) is 2.57. The van der Waals surface area contributed by atoms with Crippen LogP contribution in [-0.4, -0.2) is 15.5 Å². The second kappa shape index (κ2) is 5.70. The van der Waals surface area contributed by atoms with Crippen molar-refractivity contribution in [1.29, 1.82) is 0 Å². The van der Waals surface area contributed by atoms with Crippen molar-refractivity contribution in [3.63, 3.8) is 0 Å². The Balaban J connectivity index is 2.34. The third-order valence-electron chi connectivity index (χ3n) is 2.75. The Morgan fingerprint density at radius 2 is 1.80 bits per heavy atom. The molecule has 0 atom stereocenters. The molecule has 2 rings (SSSR count). The van der Waals surface area contributed by atoms with Crippen LogP contribution in [0.1, 0.15) is 0 Å². The molecule has 5 nitrogen and oxygen atoms in total. The SMILES string of the molecule is CNS(=O)(=O)c1ccc(Nc2ccccc2Cl)c(N)c1. The molecule has 0 saturated carbocycles. The Hall–Kier alpha value is -1.76. The van der Waals surface area contributed by atoms with Crippen LogP contribution in [0.5, 0.6) is 0 Å². The van der Waals surface area contributed by atoms with Gasteiger partial charge in [-0.3, -0.25) is 0 Å². The summed E-state index contributed by atoms with van der Waals surface area (Å²) < 4.78 is 25.6. The van der Waals surface area contributed by atoms with Gasteiger partial charge in [0.15, 0.2) is 0 Å². The first-order valence-electron chi connectivity index (χ1n) is 5.78. The fourth-order valence-corrected chi connectivity index (χ4v) is 2.60. The van der Waals surface area contributed by atoms with Crippen molar-refractivity contribution in [2.24, 2.45) is 0 Å². The van der Waals surface area contributed by atoms with E-state index in [9.17, 15) is 8.42 Å². The van der Waals surface area contributed by atoms with E-state index in [-0.39, 0.29) is 4.90 Å². The maximum Gasteiger partial charge on any atom is 0.240 e. The minimum Gasteiger partial charge on any atom is -0.397 e. The predicted molar refractivity (Wildman–Crippen MR) is 81.8 cm³/mol. The third-order valence-corrected chi connectivity index (χ3v) is 4.49. The Kier molecular flexibility index (Phi) is 4.17. The fraction of sp³-hybridized carbons (Fsp3) is 0.0769. The number of benzene rings is 2. The molecule has 0 amide bonds. The summed E-state index contributed by atoms with van der Waals surface area (Å²) in [4.78, 5) is 0.113. The molecule has 4 N–H and O–H groups in total. The van der Waals surface area contributed by atoms with E-state index in [0.717, 1.165) is 0 Å². The van der Waals surface area contributed by atoms with Crippen molar-refractivity contribution in [3.05, 3.63) is 47.5 Å². The molecule has 106 valence electrons. The molecule has 0 fully saturated rings. The van der Waals surface area contributed by atoms with Crippen molar-refractivity contribution < 1.29 is 8.42 Å². The van der Waals surface area contributed by atoms with Gasteiger partial charge in [-0.1, -0.05) is 23.7 Å². The monoisotopic (exact) mass is 311 g/mol. The van der Waals surface area contributed by atoms with Crippen LogP contribution in [0.25, 0.3) is 0 Å². The van der Waals surface area contributed by atoms with Crippen LogP contribution in [-0.2, 0) is 10.0 Å². The lowest BCUT2D eigenvalue weighted by Crippen LogP contribution is -2.18. The topological polar surface area (TPSA) is 84.2 Å². The molecule has 0 spiro atoms. The molecule has 2 aromatic carbocycles. The zero-order valence-corrected chi connectivity index (χ0v) is 12.3. The fourth-order valence-electron chi connectivity index (χ4n) is 1.65.